The second kappa shape index (κ2) is 12.2. The van der Waals surface area contributed by atoms with E-state index >= 15 is 0 Å². The van der Waals surface area contributed by atoms with Crippen LogP contribution in [-0.4, -0.2) is 15.0 Å². The Bertz CT molecular complexity index is 2500. The average Bonchev–Trinajstić information content (AvgIpc) is 3.57. The zero-order valence-electron chi connectivity index (χ0n) is 26.5. The smallest absolute Gasteiger partial charge is 0.162 e. The maximum Gasteiger partial charge on any atom is 0.162 e. The quantitative estimate of drug-likeness (QED) is 0.184. The maximum atomic E-state index is 6.34. The third-order valence-electron chi connectivity index (χ3n) is 9.03. The van der Waals surface area contributed by atoms with E-state index in [-0.39, 0.29) is 0 Å². The van der Waals surface area contributed by atoms with Crippen LogP contribution in [0.3, 0.4) is 0 Å². The molecule has 0 radical (unpaired) electrons. The molecule has 0 atom stereocenters. The number of pyridine rings is 1. The SMILES string of the molecule is c1ccc(-c2ccc(-c3ccc(-c4ccc5oc6cncc(-c7nc(-c8ccccc8)cc(-c8ccccc8)n7)c6c5c4)cc3)cc2)cc1. The lowest BCUT2D eigenvalue weighted by Crippen LogP contribution is -1.96. The van der Waals surface area contributed by atoms with Gasteiger partial charge in [0.15, 0.2) is 11.4 Å². The Morgan fingerprint density at radius 3 is 1.35 bits per heavy atom. The summed E-state index contributed by atoms with van der Waals surface area (Å²) >= 11 is 0. The van der Waals surface area contributed by atoms with Crippen LogP contribution in [-0.2, 0) is 0 Å². The van der Waals surface area contributed by atoms with Crippen molar-refractivity contribution in [2.24, 2.45) is 0 Å². The highest BCUT2D eigenvalue weighted by Gasteiger charge is 2.18. The van der Waals surface area contributed by atoms with Crippen molar-refractivity contribution >= 4 is 21.9 Å². The highest BCUT2D eigenvalue weighted by atomic mass is 16.3. The van der Waals surface area contributed by atoms with Crippen molar-refractivity contribution in [1.29, 1.82) is 0 Å². The number of fused-ring (bicyclic) bond motifs is 3. The van der Waals surface area contributed by atoms with Crippen molar-refractivity contribution in [3.05, 3.63) is 176 Å². The topological polar surface area (TPSA) is 51.8 Å². The van der Waals surface area contributed by atoms with Crippen molar-refractivity contribution in [2.75, 3.05) is 0 Å². The molecule has 0 aliphatic heterocycles. The van der Waals surface area contributed by atoms with E-state index in [0.717, 1.165) is 55.6 Å². The monoisotopic (exact) mass is 627 g/mol. The zero-order valence-corrected chi connectivity index (χ0v) is 26.5. The van der Waals surface area contributed by atoms with E-state index in [9.17, 15) is 0 Å². The number of aromatic nitrogens is 3. The van der Waals surface area contributed by atoms with Crippen LogP contribution in [0.15, 0.2) is 181 Å². The molecule has 0 bridgehead atoms. The first-order valence-corrected chi connectivity index (χ1v) is 16.3. The van der Waals surface area contributed by atoms with Gasteiger partial charge in [-0.15, -0.1) is 0 Å². The van der Waals surface area contributed by atoms with Crippen LogP contribution in [0.5, 0.6) is 0 Å². The second-order valence-electron chi connectivity index (χ2n) is 12.1. The molecule has 49 heavy (non-hydrogen) atoms. The van der Waals surface area contributed by atoms with Gasteiger partial charge in [0.25, 0.3) is 0 Å². The molecule has 3 aromatic heterocycles. The Balaban J connectivity index is 1.11. The fourth-order valence-electron chi connectivity index (χ4n) is 6.50. The summed E-state index contributed by atoms with van der Waals surface area (Å²) in [4.78, 5) is 14.7. The molecule has 9 rings (SSSR count). The van der Waals surface area contributed by atoms with Crippen LogP contribution >= 0.6 is 0 Å². The highest BCUT2D eigenvalue weighted by molar-refractivity contribution is 6.12. The van der Waals surface area contributed by atoms with E-state index in [1.165, 1.54) is 22.3 Å². The summed E-state index contributed by atoms with van der Waals surface area (Å²) in [7, 11) is 0. The Morgan fingerprint density at radius 2 is 0.816 bits per heavy atom. The minimum Gasteiger partial charge on any atom is -0.454 e. The largest absolute Gasteiger partial charge is 0.454 e. The van der Waals surface area contributed by atoms with E-state index in [0.29, 0.717) is 11.4 Å². The van der Waals surface area contributed by atoms with Crippen LogP contribution in [0.2, 0.25) is 0 Å². The molecule has 4 heteroatoms. The molecule has 0 saturated heterocycles. The molecule has 3 heterocycles. The predicted molar refractivity (Wildman–Crippen MR) is 200 cm³/mol. The van der Waals surface area contributed by atoms with E-state index < -0.39 is 0 Å². The van der Waals surface area contributed by atoms with Crippen LogP contribution in [0.25, 0.3) is 89.2 Å². The van der Waals surface area contributed by atoms with Crippen LogP contribution in [0.4, 0.5) is 0 Å². The normalized spacial score (nSPS) is 11.3. The first-order valence-electron chi connectivity index (χ1n) is 16.3. The van der Waals surface area contributed by atoms with Crippen molar-refractivity contribution in [3.8, 4) is 67.3 Å². The molecule has 9 aromatic rings. The maximum absolute atomic E-state index is 6.34. The summed E-state index contributed by atoms with van der Waals surface area (Å²) in [6.07, 6.45) is 3.62. The van der Waals surface area contributed by atoms with Gasteiger partial charge >= 0.3 is 0 Å². The summed E-state index contributed by atoms with van der Waals surface area (Å²) in [5.74, 6) is 0.606. The van der Waals surface area contributed by atoms with E-state index in [4.69, 9.17) is 14.4 Å². The number of hydrogen-bond acceptors (Lipinski definition) is 4. The molecule has 230 valence electrons. The number of rotatable bonds is 6. The fraction of sp³-hybridized carbons (Fsp3) is 0. The summed E-state index contributed by atoms with van der Waals surface area (Å²) in [5.41, 5.74) is 13.1. The van der Waals surface area contributed by atoms with E-state index in [1.54, 1.807) is 6.20 Å². The predicted octanol–water partition coefficient (Wildman–Crippen LogP) is 11.8. The third kappa shape index (κ3) is 5.45. The summed E-state index contributed by atoms with van der Waals surface area (Å²) in [6, 6.07) is 56.8. The van der Waals surface area contributed by atoms with Gasteiger partial charge in [-0.2, -0.15) is 0 Å². The minimum absolute atomic E-state index is 0.606. The Labute approximate surface area is 284 Å². The number of hydrogen-bond donors (Lipinski definition) is 0. The lowest BCUT2D eigenvalue weighted by Gasteiger charge is -2.10. The number of benzene rings is 6. The van der Waals surface area contributed by atoms with Gasteiger partial charge in [0.05, 0.1) is 17.6 Å². The molecule has 0 fully saturated rings. The fourth-order valence-corrected chi connectivity index (χ4v) is 6.50. The average molecular weight is 628 g/mol. The summed E-state index contributed by atoms with van der Waals surface area (Å²) in [6.45, 7) is 0. The lowest BCUT2D eigenvalue weighted by atomic mass is 9.97. The van der Waals surface area contributed by atoms with Gasteiger partial charge in [-0.1, -0.05) is 146 Å². The van der Waals surface area contributed by atoms with E-state index in [1.807, 2.05) is 54.7 Å². The molecule has 0 spiro atoms. The molecule has 0 unspecified atom stereocenters. The van der Waals surface area contributed by atoms with Crippen molar-refractivity contribution in [2.45, 2.75) is 0 Å². The summed E-state index contributed by atoms with van der Waals surface area (Å²) in [5, 5.41) is 1.95. The van der Waals surface area contributed by atoms with Gasteiger partial charge in [-0.25, -0.2) is 9.97 Å². The van der Waals surface area contributed by atoms with Gasteiger partial charge in [0.1, 0.15) is 5.58 Å². The molecule has 0 N–H and O–H groups in total. The number of nitrogens with zero attached hydrogens (tertiary/aromatic N) is 3. The first kappa shape index (κ1) is 28.6. The Morgan fingerprint density at radius 1 is 0.367 bits per heavy atom. The minimum atomic E-state index is 0.606. The zero-order chi connectivity index (χ0) is 32.6. The standard InChI is InChI=1S/C45H29N3O/c1-4-10-30(11-5-1)31-16-18-32(19-17-31)33-20-22-34(23-21-33)37-24-25-42-38(26-37)44-39(28-46-29-43(44)49-42)45-47-40(35-12-6-2-7-13-35)27-41(48-45)36-14-8-3-9-15-36/h1-29H. The summed E-state index contributed by atoms with van der Waals surface area (Å²) < 4.78 is 6.34. The van der Waals surface area contributed by atoms with Gasteiger partial charge in [0.2, 0.25) is 0 Å². The van der Waals surface area contributed by atoms with Crippen molar-refractivity contribution in [1.82, 2.24) is 15.0 Å². The van der Waals surface area contributed by atoms with Gasteiger partial charge < -0.3 is 4.42 Å². The lowest BCUT2D eigenvalue weighted by molar-refractivity contribution is 0.667. The van der Waals surface area contributed by atoms with Crippen LogP contribution < -0.4 is 0 Å². The molecule has 6 aromatic carbocycles. The molecule has 0 saturated carbocycles. The van der Waals surface area contributed by atoms with Gasteiger partial charge in [-0.05, 0) is 51.6 Å². The Kier molecular flexibility index (Phi) is 7.10. The number of furan rings is 1. The van der Waals surface area contributed by atoms with E-state index in [2.05, 4.69) is 120 Å². The van der Waals surface area contributed by atoms with Gasteiger partial charge in [0, 0.05) is 33.7 Å². The molecule has 0 aliphatic carbocycles. The first-order chi connectivity index (χ1) is 24.3. The van der Waals surface area contributed by atoms with Crippen molar-refractivity contribution < 1.29 is 4.42 Å². The van der Waals surface area contributed by atoms with Crippen LogP contribution in [0, 0.1) is 0 Å². The highest BCUT2D eigenvalue weighted by Crippen LogP contribution is 2.38. The molecule has 0 amide bonds. The second-order valence-corrected chi connectivity index (χ2v) is 12.1. The third-order valence-corrected chi connectivity index (χ3v) is 9.03. The van der Waals surface area contributed by atoms with Gasteiger partial charge in [-0.3, -0.25) is 4.98 Å². The molecular formula is C45H29N3O. The molecule has 4 nitrogen and oxygen atoms in total. The molecular weight excluding hydrogens is 599 g/mol. The Hall–Kier alpha value is -6.65. The van der Waals surface area contributed by atoms with Crippen LogP contribution in [0.1, 0.15) is 0 Å². The van der Waals surface area contributed by atoms with Crippen molar-refractivity contribution in [3.63, 3.8) is 0 Å². The molecule has 0 aliphatic rings.